The molecule has 8 aromatic rings. The maximum Gasteiger partial charge on any atom is -0.00857 e. The fourth-order valence-corrected chi connectivity index (χ4v) is 14.0. The molecule has 0 bridgehead atoms. The van der Waals surface area contributed by atoms with E-state index in [0.29, 0.717) is 11.3 Å². The lowest BCUT2D eigenvalue weighted by Gasteiger charge is -2.37. The number of hydrogen-bond acceptors (Lipinski definition) is 0. The number of hydrogen-bond donors (Lipinski definition) is 0. The van der Waals surface area contributed by atoms with Crippen LogP contribution in [0.3, 0.4) is 0 Å². The molecule has 0 radical (unpaired) electrons. The molecule has 0 spiro atoms. The molecule has 0 nitrogen and oxygen atoms in total. The van der Waals surface area contributed by atoms with Crippen LogP contribution in [0.5, 0.6) is 0 Å². The molecule has 2 unspecified atom stereocenters. The Balaban J connectivity index is 1.38. The quantitative estimate of drug-likeness (QED) is 0.154. The van der Waals surface area contributed by atoms with Crippen LogP contribution in [0, 0.1) is 0 Å². The van der Waals surface area contributed by atoms with E-state index in [1.165, 1.54) is 64.3 Å². The summed E-state index contributed by atoms with van der Waals surface area (Å²) in [6.07, 6.45) is 0. The van der Waals surface area contributed by atoms with Gasteiger partial charge in [0.25, 0.3) is 0 Å². The van der Waals surface area contributed by atoms with Crippen molar-refractivity contribution in [2.24, 2.45) is 0 Å². The van der Waals surface area contributed by atoms with Gasteiger partial charge in [0.15, 0.2) is 0 Å². The lowest BCUT2D eigenvalue weighted by molar-refractivity contribution is 0.912. The molecule has 0 saturated heterocycles. The molecule has 0 fully saturated rings. The van der Waals surface area contributed by atoms with Gasteiger partial charge in [-0.3, -0.25) is 0 Å². The highest BCUT2D eigenvalue weighted by atomic mass is 31.1. The van der Waals surface area contributed by atoms with Crippen LogP contribution < -0.4 is 21.2 Å². The molecular weight excluding hydrogens is 590 g/mol. The Bertz CT molecular complexity index is 1990. The minimum absolute atomic E-state index is 0.399. The highest BCUT2D eigenvalue weighted by Crippen LogP contribution is 2.54. The molecule has 0 amide bonds. The third-order valence-electron chi connectivity index (χ3n) is 9.62. The predicted octanol–water partition coefficient (Wildman–Crippen LogP) is 10.6. The zero-order chi connectivity index (χ0) is 31.0. The average molecular weight is 627 g/mol. The van der Waals surface area contributed by atoms with Crippen molar-refractivity contribution in [3.05, 3.63) is 170 Å². The van der Waals surface area contributed by atoms with E-state index < -0.39 is 15.8 Å². The average Bonchev–Trinajstić information content (AvgIpc) is 3.12. The topological polar surface area (TPSA) is 0 Å². The second-order valence-corrected chi connectivity index (χ2v) is 17.3. The molecule has 46 heavy (non-hydrogen) atoms. The first-order valence-electron chi connectivity index (χ1n) is 16.2. The SMILES string of the molecule is CC(C(C)P(c1cccc2ccccc12)c1cccc2ccccc12)P(c1cccc2ccccc12)c1cccc2ccccc12. The maximum atomic E-state index is 2.55. The van der Waals surface area contributed by atoms with E-state index in [0.717, 1.165) is 0 Å². The van der Waals surface area contributed by atoms with Crippen molar-refractivity contribution in [3.63, 3.8) is 0 Å². The standard InChI is InChI=1S/C44H36P2/c1-31(45(41-27-11-19-33-15-3-7-23-37(33)41)42-28-12-20-34-16-4-8-24-38(34)42)32(2)46(43-29-13-21-35-17-5-9-25-39(35)43)44-30-14-22-36-18-6-10-26-40(36)44/h3-32H,1-2H3. The van der Waals surface area contributed by atoms with Gasteiger partial charge in [-0.05, 0) is 91.5 Å². The van der Waals surface area contributed by atoms with Crippen LogP contribution in [0.2, 0.25) is 0 Å². The van der Waals surface area contributed by atoms with Crippen LogP contribution in [0.25, 0.3) is 43.1 Å². The number of fused-ring (bicyclic) bond motifs is 4. The maximum absolute atomic E-state index is 2.55. The van der Waals surface area contributed by atoms with Crippen LogP contribution in [-0.4, -0.2) is 11.3 Å². The highest BCUT2D eigenvalue weighted by molar-refractivity contribution is 7.78. The zero-order valence-corrected chi connectivity index (χ0v) is 28.0. The summed E-state index contributed by atoms with van der Waals surface area (Å²) in [5.74, 6) is 0. The zero-order valence-electron chi connectivity index (χ0n) is 26.2. The van der Waals surface area contributed by atoms with E-state index in [4.69, 9.17) is 0 Å². The number of rotatable bonds is 7. The summed E-state index contributed by atoms with van der Waals surface area (Å²) in [5.41, 5.74) is 0.798. The summed E-state index contributed by atoms with van der Waals surface area (Å²) in [7, 11) is -1.47. The molecule has 0 aliphatic rings. The summed E-state index contributed by atoms with van der Waals surface area (Å²) in [6, 6.07) is 63.7. The van der Waals surface area contributed by atoms with Gasteiger partial charge in [-0.15, -0.1) is 0 Å². The third-order valence-corrected chi connectivity index (χ3v) is 16.0. The minimum atomic E-state index is -0.734. The van der Waals surface area contributed by atoms with Crippen molar-refractivity contribution in [1.29, 1.82) is 0 Å². The highest BCUT2D eigenvalue weighted by Gasteiger charge is 2.34. The molecule has 8 rings (SSSR count). The Morgan fingerprint density at radius 1 is 0.283 bits per heavy atom. The Morgan fingerprint density at radius 2 is 0.500 bits per heavy atom. The molecule has 0 aromatic heterocycles. The van der Waals surface area contributed by atoms with E-state index >= 15 is 0 Å². The molecule has 0 saturated carbocycles. The van der Waals surface area contributed by atoms with Crippen molar-refractivity contribution >= 4 is 80.2 Å². The Labute approximate surface area is 274 Å². The first kappa shape index (κ1) is 29.1. The minimum Gasteiger partial charge on any atom is -0.0616 e. The largest absolute Gasteiger partial charge is 0.0616 e. The van der Waals surface area contributed by atoms with Gasteiger partial charge < -0.3 is 0 Å². The van der Waals surface area contributed by atoms with E-state index in [1.54, 1.807) is 0 Å². The molecule has 2 heteroatoms. The van der Waals surface area contributed by atoms with Crippen molar-refractivity contribution in [3.8, 4) is 0 Å². The molecule has 0 aliphatic carbocycles. The lowest BCUT2D eigenvalue weighted by atomic mass is 10.1. The molecule has 2 atom stereocenters. The van der Waals surface area contributed by atoms with Gasteiger partial charge in [-0.1, -0.05) is 184 Å². The monoisotopic (exact) mass is 626 g/mol. The van der Waals surface area contributed by atoms with Crippen molar-refractivity contribution in [1.82, 2.24) is 0 Å². The second-order valence-electron chi connectivity index (χ2n) is 12.2. The van der Waals surface area contributed by atoms with E-state index in [-0.39, 0.29) is 0 Å². The summed E-state index contributed by atoms with van der Waals surface area (Å²) in [4.78, 5) is 0. The smallest absolute Gasteiger partial charge is 0.00857 e. The first-order valence-corrected chi connectivity index (χ1v) is 19.0. The van der Waals surface area contributed by atoms with Gasteiger partial charge in [-0.25, -0.2) is 0 Å². The molecule has 222 valence electrons. The molecule has 0 N–H and O–H groups in total. The Morgan fingerprint density at radius 3 is 0.761 bits per heavy atom. The van der Waals surface area contributed by atoms with Gasteiger partial charge in [0, 0.05) is 0 Å². The fourth-order valence-electron chi connectivity index (χ4n) is 7.24. The molecule has 0 aliphatic heterocycles. The van der Waals surface area contributed by atoms with Crippen molar-refractivity contribution in [2.75, 3.05) is 0 Å². The van der Waals surface area contributed by atoms with Gasteiger partial charge in [0.05, 0.1) is 0 Å². The lowest BCUT2D eigenvalue weighted by Crippen LogP contribution is -2.32. The van der Waals surface area contributed by atoms with Crippen LogP contribution in [0.4, 0.5) is 0 Å². The summed E-state index contributed by atoms with van der Waals surface area (Å²) in [6.45, 7) is 5.09. The van der Waals surface area contributed by atoms with Crippen molar-refractivity contribution < 1.29 is 0 Å². The summed E-state index contributed by atoms with van der Waals surface area (Å²) < 4.78 is 0. The molecule has 8 aromatic carbocycles. The van der Waals surface area contributed by atoms with Crippen LogP contribution in [-0.2, 0) is 0 Å². The second kappa shape index (κ2) is 12.5. The summed E-state index contributed by atoms with van der Waals surface area (Å²) >= 11 is 0. The summed E-state index contributed by atoms with van der Waals surface area (Å²) in [5, 5.41) is 16.7. The normalized spacial score (nSPS) is 13.2. The van der Waals surface area contributed by atoms with Gasteiger partial charge in [0.1, 0.15) is 0 Å². The molecule has 0 heterocycles. The van der Waals surface area contributed by atoms with Crippen molar-refractivity contribution in [2.45, 2.75) is 25.2 Å². The van der Waals surface area contributed by atoms with Crippen LogP contribution >= 0.6 is 15.8 Å². The van der Waals surface area contributed by atoms with Gasteiger partial charge >= 0.3 is 0 Å². The first-order chi connectivity index (χ1) is 22.7. The van der Waals surface area contributed by atoms with E-state index in [1.807, 2.05) is 0 Å². The van der Waals surface area contributed by atoms with Gasteiger partial charge in [0.2, 0.25) is 0 Å². The Hall–Kier alpha value is -4.34. The van der Waals surface area contributed by atoms with E-state index in [2.05, 4.69) is 184 Å². The Kier molecular flexibility index (Phi) is 7.88. The van der Waals surface area contributed by atoms with Gasteiger partial charge in [-0.2, -0.15) is 0 Å². The number of benzene rings is 8. The van der Waals surface area contributed by atoms with Crippen LogP contribution in [0.15, 0.2) is 170 Å². The molecular formula is C44H36P2. The van der Waals surface area contributed by atoms with E-state index in [9.17, 15) is 0 Å². The van der Waals surface area contributed by atoms with Crippen LogP contribution in [0.1, 0.15) is 13.8 Å². The fraction of sp³-hybridized carbons (Fsp3) is 0.0909. The third kappa shape index (κ3) is 5.11. The predicted molar refractivity (Wildman–Crippen MR) is 207 cm³/mol.